The van der Waals surface area contributed by atoms with Crippen LogP contribution in [-0.2, 0) is 14.3 Å². The van der Waals surface area contributed by atoms with Crippen LogP contribution in [0.25, 0.3) is 0 Å². The molecule has 1 fully saturated rings. The van der Waals surface area contributed by atoms with Gasteiger partial charge in [0.1, 0.15) is 6.61 Å². The molecule has 0 aromatic heterocycles. The molecule has 2 N–H and O–H groups in total. The standard InChI is InChI=1S/C17H23NO4/c1-12-7-5-6-10-14(12)22-11-15(19)18-16(17(20)21)13-8-3-2-4-9-13/h2-4,8-9,12,14,16H,5-7,10-11H2,1H3,(H,18,19)(H,20,21)/t12?,14?,16-/m0/s1. The molecular weight excluding hydrogens is 282 g/mol. The number of carboxylic acid groups (broad SMARTS) is 1. The van der Waals surface area contributed by atoms with Crippen LogP contribution < -0.4 is 5.32 Å². The third-order valence-electron chi connectivity index (χ3n) is 4.15. The number of rotatable bonds is 6. The number of amides is 1. The van der Waals surface area contributed by atoms with Crippen LogP contribution in [0.2, 0.25) is 0 Å². The third kappa shape index (κ3) is 4.56. The Hall–Kier alpha value is -1.88. The number of ether oxygens (including phenoxy) is 1. The normalized spacial score (nSPS) is 22.8. The van der Waals surface area contributed by atoms with Crippen molar-refractivity contribution >= 4 is 11.9 Å². The second-order valence-corrected chi connectivity index (χ2v) is 5.86. The second-order valence-electron chi connectivity index (χ2n) is 5.86. The van der Waals surface area contributed by atoms with Crippen LogP contribution in [-0.4, -0.2) is 29.7 Å². The fourth-order valence-electron chi connectivity index (χ4n) is 2.85. The van der Waals surface area contributed by atoms with E-state index in [0.717, 1.165) is 19.3 Å². The monoisotopic (exact) mass is 305 g/mol. The molecule has 0 bridgehead atoms. The molecule has 0 radical (unpaired) electrons. The zero-order valence-electron chi connectivity index (χ0n) is 12.8. The molecule has 1 aromatic carbocycles. The van der Waals surface area contributed by atoms with Gasteiger partial charge in [0.05, 0.1) is 6.10 Å². The van der Waals surface area contributed by atoms with Gasteiger partial charge in [-0.1, -0.05) is 50.1 Å². The Labute approximate surface area is 130 Å². The van der Waals surface area contributed by atoms with Gasteiger partial charge in [-0.3, -0.25) is 4.79 Å². The summed E-state index contributed by atoms with van der Waals surface area (Å²) in [6, 6.07) is 7.63. The fraction of sp³-hybridized carbons (Fsp3) is 0.529. The number of aliphatic carboxylic acids is 1. The molecular formula is C17H23NO4. The zero-order chi connectivity index (χ0) is 15.9. The highest BCUT2D eigenvalue weighted by molar-refractivity contribution is 5.85. The highest BCUT2D eigenvalue weighted by atomic mass is 16.5. The quantitative estimate of drug-likeness (QED) is 0.847. The maximum absolute atomic E-state index is 12.0. The van der Waals surface area contributed by atoms with Crippen molar-refractivity contribution in [2.75, 3.05) is 6.61 Å². The van der Waals surface area contributed by atoms with Crippen molar-refractivity contribution in [3.63, 3.8) is 0 Å². The van der Waals surface area contributed by atoms with E-state index in [1.54, 1.807) is 30.3 Å². The molecule has 5 heteroatoms. The fourth-order valence-corrected chi connectivity index (χ4v) is 2.85. The number of carbonyl (C=O) groups is 2. The van der Waals surface area contributed by atoms with Crippen LogP contribution in [0.1, 0.15) is 44.2 Å². The average Bonchev–Trinajstić information content (AvgIpc) is 2.52. The minimum atomic E-state index is -1.08. The van der Waals surface area contributed by atoms with Crippen molar-refractivity contribution in [1.29, 1.82) is 0 Å². The van der Waals surface area contributed by atoms with Gasteiger partial charge in [-0.2, -0.15) is 0 Å². The molecule has 0 saturated heterocycles. The summed E-state index contributed by atoms with van der Waals surface area (Å²) in [5, 5.41) is 11.8. The van der Waals surface area contributed by atoms with Gasteiger partial charge in [0.25, 0.3) is 0 Å². The van der Waals surface area contributed by atoms with Gasteiger partial charge in [0, 0.05) is 0 Å². The van der Waals surface area contributed by atoms with Crippen LogP contribution in [0.15, 0.2) is 30.3 Å². The van der Waals surface area contributed by atoms with Gasteiger partial charge in [-0.05, 0) is 24.3 Å². The molecule has 0 aliphatic heterocycles. The van der Waals surface area contributed by atoms with Crippen LogP contribution in [0.4, 0.5) is 0 Å². The minimum Gasteiger partial charge on any atom is -0.479 e. The largest absolute Gasteiger partial charge is 0.479 e. The molecule has 2 unspecified atom stereocenters. The van der Waals surface area contributed by atoms with E-state index in [4.69, 9.17) is 4.74 Å². The van der Waals surface area contributed by atoms with E-state index in [0.29, 0.717) is 11.5 Å². The molecule has 1 aliphatic rings. The summed E-state index contributed by atoms with van der Waals surface area (Å²) in [5.74, 6) is -1.02. The summed E-state index contributed by atoms with van der Waals surface area (Å²) >= 11 is 0. The maximum atomic E-state index is 12.0. The summed E-state index contributed by atoms with van der Waals surface area (Å²) < 4.78 is 5.67. The van der Waals surface area contributed by atoms with E-state index in [1.165, 1.54) is 6.42 Å². The number of benzene rings is 1. The first-order valence-electron chi connectivity index (χ1n) is 7.76. The lowest BCUT2D eigenvalue weighted by Gasteiger charge is -2.28. The summed E-state index contributed by atoms with van der Waals surface area (Å²) in [5.41, 5.74) is 0.550. The molecule has 1 aromatic rings. The Morgan fingerprint density at radius 1 is 1.27 bits per heavy atom. The predicted molar refractivity (Wildman–Crippen MR) is 82.3 cm³/mol. The van der Waals surface area contributed by atoms with Crippen LogP contribution in [0.5, 0.6) is 0 Å². The lowest BCUT2D eigenvalue weighted by atomic mass is 9.88. The Morgan fingerprint density at radius 3 is 2.59 bits per heavy atom. The predicted octanol–water partition coefficient (Wildman–Crippen LogP) is 2.52. The van der Waals surface area contributed by atoms with Crippen molar-refractivity contribution < 1.29 is 19.4 Å². The molecule has 3 atom stereocenters. The Morgan fingerprint density at radius 2 is 1.95 bits per heavy atom. The Balaban J connectivity index is 1.87. The zero-order valence-corrected chi connectivity index (χ0v) is 12.8. The molecule has 2 rings (SSSR count). The van der Waals surface area contributed by atoms with Crippen molar-refractivity contribution in [2.45, 2.75) is 44.8 Å². The van der Waals surface area contributed by atoms with Gasteiger partial charge in [0.15, 0.2) is 6.04 Å². The van der Waals surface area contributed by atoms with Gasteiger partial charge >= 0.3 is 5.97 Å². The molecule has 0 spiro atoms. The number of hydrogen-bond donors (Lipinski definition) is 2. The van der Waals surface area contributed by atoms with Gasteiger partial charge < -0.3 is 15.2 Å². The number of nitrogens with one attached hydrogen (secondary N) is 1. The molecule has 120 valence electrons. The Bertz CT molecular complexity index is 503. The summed E-state index contributed by atoms with van der Waals surface area (Å²) in [6.07, 6.45) is 4.52. The van der Waals surface area contributed by atoms with E-state index in [2.05, 4.69) is 12.2 Å². The smallest absolute Gasteiger partial charge is 0.330 e. The van der Waals surface area contributed by atoms with Crippen LogP contribution >= 0.6 is 0 Å². The van der Waals surface area contributed by atoms with E-state index in [-0.39, 0.29) is 12.7 Å². The molecule has 1 saturated carbocycles. The van der Waals surface area contributed by atoms with Crippen molar-refractivity contribution in [1.82, 2.24) is 5.32 Å². The topological polar surface area (TPSA) is 75.6 Å². The lowest BCUT2D eigenvalue weighted by molar-refractivity contribution is -0.143. The first-order valence-corrected chi connectivity index (χ1v) is 7.76. The van der Waals surface area contributed by atoms with Crippen LogP contribution in [0, 0.1) is 5.92 Å². The first kappa shape index (κ1) is 16.5. The third-order valence-corrected chi connectivity index (χ3v) is 4.15. The van der Waals surface area contributed by atoms with E-state index < -0.39 is 17.9 Å². The second kappa shape index (κ2) is 7.94. The first-order chi connectivity index (χ1) is 10.6. The SMILES string of the molecule is CC1CCCCC1OCC(=O)N[C@H](C(=O)O)c1ccccc1. The van der Waals surface area contributed by atoms with E-state index in [1.807, 2.05) is 0 Å². The summed E-state index contributed by atoms with van der Waals surface area (Å²) in [6.45, 7) is 2.04. The number of carboxylic acids is 1. The van der Waals surface area contributed by atoms with E-state index in [9.17, 15) is 14.7 Å². The molecule has 22 heavy (non-hydrogen) atoms. The number of hydrogen-bond acceptors (Lipinski definition) is 3. The lowest BCUT2D eigenvalue weighted by Crippen LogP contribution is -2.38. The van der Waals surface area contributed by atoms with Crippen molar-refractivity contribution in [2.24, 2.45) is 5.92 Å². The van der Waals surface area contributed by atoms with Gasteiger partial charge in [-0.15, -0.1) is 0 Å². The molecule has 1 aliphatic carbocycles. The average molecular weight is 305 g/mol. The summed E-state index contributed by atoms with van der Waals surface area (Å²) in [7, 11) is 0. The van der Waals surface area contributed by atoms with E-state index >= 15 is 0 Å². The highest BCUT2D eigenvalue weighted by Crippen LogP contribution is 2.26. The minimum absolute atomic E-state index is 0.0916. The van der Waals surface area contributed by atoms with Crippen molar-refractivity contribution in [3.05, 3.63) is 35.9 Å². The van der Waals surface area contributed by atoms with Gasteiger partial charge in [0.2, 0.25) is 5.91 Å². The molecule has 0 heterocycles. The molecule has 1 amide bonds. The molecule has 5 nitrogen and oxygen atoms in total. The van der Waals surface area contributed by atoms with Crippen LogP contribution in [0.3, 0.4) is 0 Å². The maximum Gasteiger partial charge on any atom is 0.330 e. The van der Waals surface area contributed by atoms with Crippen molar-refractivity contribution in [3.8, 4) is 0 Å². The Kier molecular flexibility index (Phi) is 5.95. The summed E-state index contributed by atoms with van der Waals surface area (Å²) in [4.78, 5) is 23.3. The highest BCUT2D eigenvalue weighted by Gasteiger charge is 2.25. The number of carbonyl (C=O) groups excluding carboxylic acids is 1. The van der Waals surface area contributed by atoms with Gasteiger partial charge in [-0.25, -0.2) is 4.79 Å².